The number of benzene rings is 2. The van der Waals surface area contributed by atoms with Crippen molar-refractivity contribution in [2.45, 2.75) is 19.9 Å². The standard InChI is InChI=1S/C22H21Cl2N3O/c1-13-4-7-20-16(10-13)17-12-18(15-6-5-14(23)11-19(15)24)22(28)26(2)21(17)27(20)9-3-8-25/h4-7,10-12H,3,8-9,25H2,1-2H3. The van der Waals surface area contributed by atoms with E-state index < -0.39 is 0 Å². The van der Waals surface area contributed by atoms with Gasteiger partial charge in [0.15, 0.2) is 0 Å². The Balaban J connectivity index is 2.11. The van der Waals surface area contributed by atoms with E-state index in [1.807, 2.05) is 13.1 Å². The maximum atomic E-state index is 13.2. The second-order valence-corrected chi connectivity index (χ2v) is 7.94. The van der Waals surface area contributed by atoms with Crippen LogP contribution in [0.2, 0.25) is 10.0 Å². The Morgan fingerprint density at radius 2 is 1.79 bits per heavy atom. The van der Waals surface area contributed by atoms with Gasteiger partial charge in [0.05, 0.1) is 10.5 Å². The lowest BCUT2D eigenvalue weighted by atomic mass is 10.0. The van der Waals surface area contributed by atoms with Gasteiger partial charge in [-0.25, -0.2) is 0 Å². The van der Waals surface area contributed by atoms with Gasteiger partial charge >= 0.3 is 0 Å². The van der Waals surface area contributed by atoms with Gasteiger partial charge in [-0.3, -0.25) is 9.36 Å². The van der Waals surface area contributed by atoms with Crippen molar-refractivity contribution in [3.05, 3.63) is 68.4 Å². The van der Waals surface area contributed by atoms with Crippen LogP contribution in [0.25, 0.3) is 33.1 Å². The zero-order chi connectivity index (χ0) is 20.0. The van der Waals surface area contributed by atoms with Gasteiger partial charge in [-0.2, -0.15) is 0 Å². The number of hydrogen-bond donors (Lipinski definition) is 1. The fourth-order valence-electron chi connectivity index (χ4n) is 3.84. The van der Waals surface area contributed by atoms with Crippen molar-refractivity contribution in [1.29, 1.82) is 0 Å². The third-order valence-corrected chi connectivity index (χ3v) is 5.73. The maximum Gasteiger partial charge on any atom is 0.259 e. The molecule has 0 atom stereocenters. The van der Waals surface area contributed by atoms with E-state index >= 15 is 0 Å². The van der Waals surface area contributed by atoms with Crippen molar-refractivity contribution < 1.29 is 0 Å². The van der Waals surface area contributed by atoms with E-state index in [0.717, 1.165) is 34.9 Å². The van der Waals surface area contributed by atoms with E-state index in [4.69, 9.17) is 28.9 Å². The summed E-state index contributed by atoms with van der Waals surface area (Å²) in [5.74, 6) is 0. The molecule has 0 aliphatic rings. The maximum absolute atomic E-state index is 13.2. The van der Waals surface area contributed by atoms with E-state index in [2.05, 4.69) is 29.7 Å². The molecule has 2 aromatic heterocycles. The summed E-state index contributed by atoms with van der Waals surface area (Å²) < 4.78 is 3.90. The molecule has 0 saturated carbocycles. The van der Waals surface area contributed by atoms with E-state index in [1.165, 1.54) is 5.56 Å². The fraction of sp³-hybridized carbons (Fsp3) is 0.227. The van der Waals surface area contributed by atoms with Crippen molar-refractivity contribution >= 4 is 45.1 Å². The molecule has 2 heterocycles. The zero-order valence-electron chi connectivity index (χ0n) is 15.8. The Bertz CT molecular complexity index is 1270. The van der Waals surface area contributed by atoms with Gasteiger partial charge in [-0.15, -0.1) is 0 Å². The summed E-state index contributed by atoms with van der Waals surface area (Å²) in [7, 11) is 1.81. The van der Waals surface area contributed by atoms with Gasteiger partial charge in [0.25, 0.3) is 5.56 Å². The van der Waals surface area contributed by atoms with Crippen LogP contribution in [-0.2, 0) is 13.6 Å². The van der Waals surface area contributed by atoms with E-state index in [0.29, 0.717) is 27.7 Å². The number of rotatable bonds is 4. The first-order valence-corrected chi connectivity index (χ1v) is 9.96. The second-order valence-electron chi connectivity index (χ2n) is 7.10. The first-order chi connectivity index (χ1) is 13.4. The Hall–Kier alpha value is -2.27. The number of fused-ring (bicyclic) bond motifs is 3. The fourth-order valence-corrected chi connectivity index (χ4v) is 4.35. The minimum atomic E-state index is -0.0924. The van der Waals surface area contributed by atoms with Gasteiger partial charge in [0.1, 0.15) is 5.65 Å². The Kier molecular flexibility index (Phi) is 4.96. The van der Waals surface area contributed by atoms with Crippen molar-refractivity contribution in [1.82, 2.24) is 9.13 Å². The Morgan fingerprint density at radius 3 is 2.50 bits per heavy atom. The number of nitrogens with two attached hydrogens (primary N) is 1. The highest BCUT2D eigenvalue weighted by Gasteiger charge is 2.18. The second kappa shape index (κ2) is 7.28. The number of halogens is 2. The third-order valence-electron chi connectivity index (χ3n) is 5.18. The van der Waals surface area contributed by atoms with Crippen molar-refractivity contribution in [3.63, 3.8) is 0 Å². The van der Waals surface area contributed by atoms with E-state index in [1.54, 1.807) is 22.8 Å². The smallest absolute Gasteiger partial charge is 0.259 e. The average molecular weight is 414 g/mol. The summed E-state index contributed by atoms with van der Waals surface area (Å²) in [6.45, 7) is 3.43. The van der Waals surface area contributed by atoms with E-state index in [-0.39, 0.29) is 5.56 Å². The summed E-state index contributed by atoms with van der Waals surface area (Å²) in [6.07, 6.45) is 0.839. The van der Waals surface area contributed by atoms with Crippen molar-refractivity contribution in [3.8, 4) is 11.1 Å². The average Bonchev–Trinajstić information content (AvgIpc) is 2.96. The first kappa shape index (κ1) is 19.1. The molecule has 0 aliphatic carbocycles. The molecule has 4 nitrogen and oxygen atoms in total. The molecule has 4 rings (SSSR count). The summed E-state index contributed by atoms with van der Waals surface area (Å²) in [4.78, 5) is 13.2. The van der Waals surface area contributed by atoms with Crippen LogP contribution in [0.4, 0.5) is 0 Å². The lowest BCUT2D eigenvalue weighted by molar-refractivity contribution is 0.669. The lowest BCUT2D eigenvalue weighted by Gasteiger charge is -2.12. The van der Waals surface area contributed by atoms with Gasteiger partial charge in [-0.1, -0.05) is 40.9 Å². The summed E-state index contributed by atoms with van der Waals surface area (Å²) >= 11 is 12.4. The number of aryl methyl sites for hydroxylation is 3. The van der Waals surface area contributed by atoms with Crippen LogP contribution in [0.1, 0.15) is 12.0 Å². The summed E-state index contributed by atoms with van der Waals surface area (Å²) in [5.41, 5.74) is 10.1. The van der Waals surface area contributed by atoms with Crippen LogP contribution in [0.5, 0.6) is 0 Å². The highest BCUT2D eigenvalue weighted by atomic mass is 35.5. The zero-order valence-corrected chi connectivity index (χ0v) is 17.3. The molecule has 0 unspecified atom stereocenters. The minimum Gasteiger partial charge on any atom is -0.330 e. The van der Waals surface area contributed by atoms with Gasteiger partial charge < -0.3 is 10.3 Å². The molecule has 0 radical (unpaired) electrons. The first-order valence-electron chi connectivity index (χ1n) is 9.20. The van der Waals surface area contributed by atoms with Crippen LogP contribution in [0, 0.1) is 6.92 Å². The quantitative estimate of drug-likeness (QED) is 0.504. The molecule has 0 bridgehead atoms. The molecular formula is C22H21Cl2N3O. The molecule has 0 aliphatic heterocycles. The molecule has 2 N–H and O–H groups in total. The Labute approximate surface area is 173 Å². The molecule has 0 amide bonds. The third kappa shape index (κ3) is 3.02. The van der Waals surface area contributed by atoms with Crippen molar-refractivity contribution in [2.75, 3.05) is 6.54 Å². The topological polar surface area (TPSA) is 53.0 Å². The van der Waals surface area contributed by atoms with Gasteiger partial charge in [0, 0.05) is 40.5 Å². The number of hydrogen-bond acceptors (Lipinski definition) is 2. The number of nitrogens with zero attached hydrogens (tertiary/aromatic N) is 2. The molecule has 0 fully saturated rings. The summed E-state index contributed by atoms with van der Waals surface area (Å²) in [6, 6.07) is 13.5. The molecule has 4 aromatic rings. The minimum absolute atomic E-state index is 0.0924. The van der Waals surface area contributed by atoms with Crippen LogP contribution in [0.3, 0.4) is 0 Å². The lowest BCUT2D eigenvalue weighted by Crippen LogP contribution is -2.21. The molecule has 6 heteroatoms. The predicted molar refractivity (Wildman–Crippen MR) is 119 cm³/mol. The molecular weight excluding hydrogens is 393 g/mol. The SMILES string of the molecule is Cc1ccc2c(c1)c1cc(-c3ccc(Cl)cc3Cl)c(=O)n(C)c1n2CCCN. The molecule has 0 spiro atoms. The van der Waals surface area contributed by atoms with Crippen LogP contribution >= 0.6 is 23.2 Å². The van der Waals surface area contributed by atoms with Crippen LogP contribution < -0.4 is 11.3 Å². The number of pyridine rings is 1. The monoisotopic (exact) mass is 413 g/mol. The molecule has 2 aromatic carbocycles. The number of aromatic nitrogens is 2. The molecule has 28 heavy (non-hydrogen) atoms. The highest BCUT2D eigenvalue weighted by molar-refractivity contribution is 6.36. The molecule has 0 saturated heterocycles. The van der Waals surface area contributed by atoms with Crippen molar-refractivity contribution in [2.24, 2.45) is 12.8 Å². The van der Waals surface area contributed by atoms with Gasteiger partial charge in [-0.05, 0) is 50.2 Å². The van der Waals surface area contributed by atoms with Crippen LogP contribution in [-0.4, -0.2) is 15.7 Å². The molecule has 144 valence electrons. The van der Waals surface area contributed by atoms with Gasteiger partial charge in [0.2, 0.25) is 0 Å². The largest absolute Gasteiger partial charge is 0.330 e. The Morgan fingerprint density at radius 1 is 1.00 bits per heavy atom. The van der Waals surface area contributed by atoms with Crippen LogP contribution in [0.15, 0.2) is 47.3 Å². The predicted octanol–water partition coefficient (Wildman–Crippen LogP) is 5.12. The van der Waals surface area contributed by atoms with E-state index in [9.17, 15) is 4.79 Å². The highest BCUT2D eigenvalue weighted by Crippen LogP contribution is 2.34. The normalized spacial score (nSPS) is 11.6. The summed E-state index contributed by atoms with van der Waals surface area (Å²) in [5, 5.41) is 3.15.